The summed E-state index contributed by atoms with van der Waals surface area (Å²) < 4.78 is 5.20. The topological polar surface area (TPSA) is 84.7 Å². The van der Waals surface area contributed by atoms with Gasteiger partial charge in [0.15, 0.2) is 0 Å². The van der Waals surface area contributed by atoms with Crippen LogP contribution in [0.2, 0.25) is 0 Å². The third kappa shape index (κ3) is 3.98. The van der Waals surface area contributed by atoms with E-state index < -0.39 is 4.92 Å². The highest BCUT2D eigenvalue weighted by Crippen LogP contribution is 2.37. The van der Waals surface area contributed by atoms with Crippen LogP contribution in [0.5, 0.6) is 5.75 Å². The highest BCUT2D eigenvalue weighted by atomic mass is 16.6. The number of fused-ring (bicyclic) bond motifs is 1. The number of ether oxygens (including phenoxy) is 1. The van der Waals surface area contributed by atoms with E-state index in [9.17, 15) is 14.9 Å². The highest BCUT2D eigenvalue weighted by Gasteiger charge is 2.34. The smallest absolute Gasteiger partial charge is 0.273 e. The first-order valence-corrected chi connectivity index (χ1v) is 9.37. The van der Waals surface area contributed by atoms with E-state index in [2.05, 4.69) is 10.2 Å². The minimum atomic E-state index is -0.481. The first-order valence-electron chi connectivity index (χ1n) is 9.37. The summed E-state index contributed by atoms with van der Waals surface area (Å²) in [5.74, 6) is 1.73. The minimum absolute atomic E-state index is 0.0627. The van der Waals surface area contributed by atoms with Gasteiger partial charge in [-0.2, -0.15) is 0 Å². The third-order valence-electron chi connectivity index (χ3n) is 5.90. The number of piperidine rings is 1. The Labute approximate surface area is 153 Å². The molecule has 7 heteroatoms. The molecule has 3 rings (SSSR count). The Balaban J connectivity index is 1.65. The fraction of sp³-hybridized carbons (Fsp3) is 0.632. The van der Waals surface area contributed by atoms with Crippen LogP contribution in [0.1, 0.15) is 39.0 Å². The number of amides is 1. The van der Waals surface area contributed by atoms with Gasteiger partial charge >= 0.3 is 0 Å². The molecule has 1 saturated heterocycles. The molecule has 2 fully saturated rings. The monoisotopic (exact) mass is 361 g/mol. The summed E-state index contributed by atoms with van der Waals surface area (Å²) in [6.07, 6.45) is 6.42. The number of nitro groups is 1. The predicted octanol–water partition coefficient (Wildman–Crippen LogP) is 3.44. The fourth-order valence-corrected chi connectivity index (χ4v) is 4.28. The number of hydrogen-bond donors (Lipinski definition) is 1. The molecular weight excluding hydrogens is 334 g/mol. The van der Waals surface area contributed by atoms with Crippen LogP contribution in [0.3, 0.4) is 0 Å². The predicted molar refractivity (Wildman–Crippen MR) is 99.4 cm³/mol. The molecule has 1 heterocycles. The normalized spacial score (nSPS) is 24.4. The van der Waals surface area contributed by atoms with Crippen molar-refractivity contribution in [2.75, 3.05) is 25.5 Å². The summed E-state index contributed by atoms with van der Waals surface area (Å²) in [5.41, 5.74) is 0.398. The number of nitrogens with one attached hydrogen (secondary N) is 1. The van der Waals surface area contributed by atoms with Crippen LogP contribution in [0.4, 0.5) is 11.4 Å². The molecule has 1 amide bonds. The maximum absolute atomic E-state index is 12.7. The van der Waals surface area contributed by atoms with Crippen molar-refractivity contribution in [2.45, 2.75) is 45.1 Å². The van der Waals surface area contributed by atoms with E-state index in [4.69, 9.17) is 4.74 Å². The van der Waals surface area contributed by atoms with Gasteiger partial charge in [0.25, 0.3) is 5.69 Å². The zero-order valence-corrected chi connectivity index (χ0v) is 15.4. The standard InChI is InChI=1S/C19H27N3O4/c1-13(21-10-9-14-5-3-4-6-15(14)12-21)19(23)20-17-8-7-16(22(24)25)11-18(17)26-2/h7-8,11,13-15H,3-6,9-10,12H2,1-2H3,(H,20,23)/t13-,14-,15+/m0/s1. The molecule has 0 aromatic heterocycles. The lowest BCUT2D eigenvalue weighted by molar-refractivity contribution is -0.384. The van der Waals surface area contributed by atoms with Gasteiger partial charge in [-0.3, -0.25) is 19.8 Å². The lowest BCUT2D eigenvalue weighted by Gasteiger charge is -2.43. The van der Waals surface area contributed by atoms with Crippen molar-refractivity contribution in [3.05, 3.63) is 28.3 Å². The van der Waals surface area contributed by atoms with Crippen LogP contribution in [0.25, 0.3) is 0 Å². The summed E-state index contributed by atoms with van der Waals surface area (Å²) in [4.78, 5) is 25.4. The quantitative estimate of drug-likeness (QED) is 0.641. The van der Waals surface area contributed by atoms with Crippen LogP contribution >= 0.6 is 0 Å². The van der Waals surface area contributed by atoms with Gasteiger partial charge in [-0.15, -0.1) is 0 Å². The van der Waals surface area contributed by atoms with Gasteiger partial charge in [0.05, 0.1) is 29.8 Å². The number of likely N-dealkylation sites (tertiary alicyclic amines) is 1. The zero-order valence-electron chi connectivity index (χ0n) is 15.4. The van der Waals surface area contributed by atoms with E-state index in [0.29, 0.717) is 17.4 Å². The molecule has 1 aromatic carbocycles. The van der Waals surface area contributed by atoms with Gasteiger partial charge < -0.3 is 10.1 Å². The van der Waals surface area contributed by atoms with E-state index in [-0.39, 0.29) is 17.6 Å². The summed E-state index contributed by atoms with van der Waals surface area (Å²) in [6.45, 7) is 3.86. The minimum Gasteiger partial charge on any atom is -0.494 e. The molecule has 2 aliphatic rings. The van der Waals surface area contributed by atoms with E-state index >= 15 is 0 Å². The van der Waals surface area contributed by atoms with Crippen molar-refractivity contribution in [3.63, 3.8) is 0 Å². The SMILES string of the molecule is COc1cc([N+](=O)[O-])ccc1NC(=O)[C@H](C)N1CC[C@@H]2CCCC[C@@H]2C1. The molecule has 1 saturated carbocycles. The lowest BCUT2D eigenvalue weighted by Crippen LogP contribution is -2.49. The number of anilines is 1. The van der Waals surface area contributed by atoms with E-state index in [1.165, 1.54) is 57.4 Å². The first kappa shape index (κ1) is 18.6. The van der Waals surface area contributed by atoms with Gasteiger partial charge in [0.2, 0.25) is 5.91 Å². The van der Waals surface area contributed by atoms with E-state index in [1.807, 2.05) is 6.92 Å². The Kier molecular flexibility index (Phi) is 5.76. The Hall–Kier alpha value is -2.15. The lowest BCUT2D eigenvalue weighted by atomic mass is 9.75. The Morgan fingerprint density at radius 2 is 2.04 bits per heavy atom. The summed E-state index contributed by atoms with van der Waals surface area (Å²) >= 11 is 0. The summed E-state index contributed by atoms with van der Waals surface area (Å²) in [6, 6.07) is 3.98. The molecule has 3 atom stereocenters. The van der Waals surface area contributed by atoms with Gasteiger partial charge in [-0.25, -0.2) is 0 Å². The molecule has 1 aromatic rings. The largest absolute Gasteiger partial charge is 0.494 e. The number of methoxy groups -OCH3 is 1. The number of carbonyl (C=O) groups is 1. The van der Waals surface area contributed by atoms with Gasteiger partial charge in [0, 0.05) is 12.6 Å². The van der Waals surface area contributed by atoms with Crippen LogP contribution < -0.4 is 10.1 Å². The van der Waals surface area contributed by atoms with Crippen LogP contribution in [0, 0.1) is 22.0 Å². The molecule has 0 spiro atoms. The number of nitrogens with zero attached hydrogens (tertiary/aromatic N) is 2. The maximum Gasteiger partial charge on any atom is 0.273 e. The molecule has 1 N–H and O–H groups in total. The molecule has 1 aliphatic heterocycles. The molecular formula is C19H27N3O4. The molecule has 0 unspecified atom stereocenters. The fourth-order valence-electron chi connectivity index (χ4n) is 4.28. The van der Waals surface area contributed by atoms with Crippen molar-refractivity contribution in [1.82, 2.24) is 4.90 Å². The van der Waals surface area contributed by atoms with Gasteiger partial charge in [-0.1, -0.05) is 19.3 Å². The summed E-state index contributed by atoms with van der Waals surface area (Å²) in [5, 5.41) is 13.8. The maximum atomic E-state index is 12.7. The number of nitro benzene ring substituents is 1. The second-order valence-electron chi connectivity index (χ2n) is 7.40. The number of non-ortho nitro benzene ring substituents is 1. The van der Waals surface area contributed by atoms with Crippen molar-refractivity contribution in [1.29, 1.82) is 0 Å². The van der Waals surface area contributed by atoms with Crippen LogP contribution in [-0.4, -0.2) is 42.0 Å². The molecule has 7 nitrogen and oxygen atoms in total. The van der Waals surface area contributed by atoms with Crippen molar-refractivity contribution < 1.29 is 14.5 Å². The van der Waals surface area contributed by atoms with E-state index in [0.717, 1.165) is 19.0 Å². The molecule has 1 aliphatic carbocycles. The van der Waals surface area contributed by atoms with Gasteiger partial charge in [0.1, 0.15) is 5.75 Å². The van der Waals surface area contributed by atoms with Crippen molar-refractivity contribution in [2.24, 2.45) is 11.8 Å². The van der Waals surface area contributed by atoms with Crippen LogP contribution in [0.15, 0.2) is 18.2 Å². The second-order valence-corrected chi connectivity index (χ2v) is 7.40. The molecule has 142 valence electrons. The number of rotatable bonds is 5. The number of carbonyl (C=O) groups excluding carboxylic acids is 1. The molecule has 0 radical (unpaired) electrons. The molecule has 0 bridgehead atoms. The Bertz CT molecular complexity index is 679. The average molecular weight is 361 g/mol. The Morgan fingerprint density at radius 1 is 1.31 bits per heavy atom. The van der Waals surface area contributed by atoms with E-state index in [1.54, 1.807) is 0 Å². The number of hydrogen-bond acceptors (Lipinski definition) is 5. The first-order chi connectivity index (χ1) is 12.5. The van der Waals surface area contributed by atoms with Crippen LogP contribution in [-0.2, 0) is 4.79 Å². The second kappa shape index (κ2) is 8.03. The average Bonchev–Trinajstić information content (AvgIpc) is 2.67. The van der Waals surface area contributed by atoms with Crippen molar-refractivity contribution >= 4 is 17.3 Å². The summed E-state index contributed by atoms with van der Waals surface area (Å²) in [7, 11) is 1.44. The number of benzene rings is 1. The third-order valence-corrected chi connectivity index (χ3v) is 5.90. The molecule has 26 heavy (non-hydrogen) atoms. The van der Waals surface area contributed by atoms with Gasteiger partial charge in [-0.05, 0) is 44.2 Å². The van der Waals surface area contributed by atoms with Crippen molar-refractivity contribution in [3.8, 4) is 5.75 Å². The Morgan fingerprint density at radius 3 is 2.73 bits per heavy atom. The highest BCUT2D eigenvalue weighted by molar-refractivity contribution is 5.96. The zero-order chi connectivity index (χ0) is 18.7.